The smallest absolute Gasteiger partial charge is 0.329 e. The Morgan fingerprint density at radius 1 is 1.54 bits per heavy atom. The number of carboxylic acids is 1. The zero-order valence-corrected chi connectivity index (χ0v) is 8.23. The predicted octanol–water partition coefficient (Wildman–Crippen LogP) is -0.433. The van der Waals surface area contributed by atoms with Gasteiger partial charge in [-0.1, -0.05) is 0 Å². The molecule has 0 bridgehead atoms. The molecule has 6 heteroatoms. The fraction of sp³-hybridized carbons (Fsp3) is 0.714. The van der Waals surface area contributed by atoms with E-state index >= 15 is 0 Å². The monoisotopic (exact) mass is 207 g/mol. The minimum absolute atomic E-state index is 0.0635. The largest absolute Gasteiger partial charge is 0.480 e. The molecule has 0 heterocycles. The average molecular weight is 207 g/mol. The molecule has 0 unspecified atom stereocenters. The standard InChI is InChI=1S/C7H13NO4S/c1-13-5-6(9)8-2-3-12-4-7(10)11/h2-5H2,1H3,(H,8,9)(H,10,11). The summed E-state index contributed by atoms with van der Waals surface area (Å²) < 4.78 is 4.70. The Balaban J connectivity index is 3.16. The van der Waals surface area contributed by atoms with E-state index in [1.54, 1.807) is 0 Å². The molecule has 0 aliphatic rings. The van der Waals surface area contributed by atoms with Gasteiger partial charge >= 0.3 is 5.97 Å². The van der Waals surface area contributed by atoms with Gasteiger partial charge in [0.25, 0.3) is 0 Å². The fourth-order valence-corrected chi connectivity index (χ4v) is 0.968. The van der Waals surface area contributed by atoms with E-state index in [2.05, 4.69) is 5.32 Å². The first-order valence-corrected chi connectivity index (χ1v) is 5.11. The molecule has 0 atom stereocenters. The van der Waals surface area contributed by atoms with Gasteiger partial charge < -0.3 is 15.2 Å². The van der Waals surface area contributed by atoms with Gasteiger partial charge in [-0.25, -0.2) is 4.79 Å². The number of carbonyl (C=O) groups excluding carboxylic acids is 1. The number of ether oxygens (including phenoxy) is 1. The number of hydrogen-bond donors (Lipinski definition) is 2. The third-order valence-corrected chi connectivity index (χ3v) is 1.62. The van der Waals surface area contributed by atoms with E-state index in [0.717, 1.165) is 0 Å². The maximum atomic E-state index is 10.8. The molecule has 0 fully saturated rings. The first kappa shape index (κ1) is 12.2. The summed E-state index contributed by atoms with van der Waals surface area (Å²) >= 11 is 1.43. The maximum absolute atomic E-state index is 10.8. The van der Waals surface area contributed by atoms with Crippen LogP contribution in [0.25, 0.3) is 0 Å². The minimum Gasteiger partial charge on any atom is -0.480 e. The van der Waals surface area contributed by atoms with Crippen LogP contribution in [-0.2, 0) is 14.3 Å². The molecule has 0 saturated carbocycles. The van der Waals surface area contributed by atoms with E-state index in [9.17, 15) is 9.59 Å². The van der Waals surface area contributed by atoms with Gasteiger partial charge in [0.05, 0.1) is 12.4 Å². The Kier molecular flexibility index (Phi) is 7.42. The quantitative estimate of drug-likeness (QED) is 0.554. The van der Waals surface area contributed by atoms with Gasteiger partial charge in [-0.2, -0.15) is 11.8 Å². The van der Waals surface area contributed by atoms with Crippen molar-refractivity contribution < 1.29 is 19.4 Å². The molecule has 0 aromatic carbocycles. The lowest BCUT2D eigenvalue weighted by Crippen LogP contribution is -2.29. The Morgan fingerprint density at radius 3 is 2.77 bits per heavy atom. The van der Waals surface area contributed by atoms with Crippen molar-refractivity contribution >= 4 is 23.6 Å². The Morgan fingerprint density at radius 2 is 2.23 bits per heavy atom. The van der Waals surface area contributed by atoms with E-state index < -0.39 is 5.97 Å². The van der Waals surface area contributed by atoms with Crippen molar-refractivity contribution in [2.45, 2.75) is 0 Å². The van der Waals surface area contributed by atoms with Crippen LogP contribution in [0.3, 0.4) is 0 Å². The third kappa shape index (κ3) is 9.16. The highest BCUT2D eigenvalue weighted by molar-refractivity contribution is 7.99. The first-order chi connectivity index (χ1) is 6.16. The molecule has 0 rings (SSSR count). The van der Waals surface area contributed by atoms with Crippen molar-refractivity contribution in [2.24, 2.45) is 0 Å². The molecule has 0 aromatic heterocycles. The van der Waals surface area contributed by atoms with E-state index in [4.69, 9.17) is 9.84 Å². The number of hydrogen-bond acceptors (Lipinski definition) is 4. The van der Waals surface area contributed by atoms with Crippen molar-refractivity contribution in [2.75, 3.05) is 31.8 Å². The highest BCUT2D eigenvalue weighted by atomic mass is 32.2. The molecule has 0 spiro atoms. The second kappa shape index (κ2) is 7.88. The Bertz CT molecular complexity index is 174. The minimum atomic E-state index is -1.00. The van der Waals surface area contributed by atoms with Gasteiger partial charge in [-0.15, -0.1) is 0 Å². The Hall–Kier alpha value is -0.750. The summed E-state index contributed by atoms with van der Waals surface area (Å²) in [4.78, 5) is 20.8. The molecule has 13 heavy (non-hydrogen) atoms. The molecule has 0 aliphatic heterocycles. The zero-order valence-electron chi connectivity index (χ0n) is 7.41. The number of aliphatic carboxylic acids is 1. The summed E-state index contributed by atoms with van der Waals surface area (Å²) in [6.45, 7) is 0.261. The molecule has 0 radical (unpaired) electrons. The SMILES string of the molecule is CSCC(=O)NCCOCC(=O)O. The van der Waals surface area contributed by atoms with Crippen LogP contribution in [0.1, 0.15) is 0 Å². The summed E-state index contributed by atoms with van der Waals surface area (Å²) in [7, 11) is 0. The highest BCUT2D eigenvalue weighted by Crippen LogP contribution is 1.88. The van der Waals surface area contributed by atoms with Crippen molar-refractivity contribution in [1.82, 2.24) is 5.32 Å². The lowest BCUT2D eigenvalue weighted by Gasteiger charge is -2.03. The predicted molar refractivity (Wildman–Crippen MR) is 49.8 cm³/mol. The van der Waals surface area contributed by atoms with Crippen molar-refractivity contribution in [3.63, 3.8) is 0 Å². The lowest BCUT2D eigenvalue weighted by molar-refractivity contribution is -0.142. The van der Waals surface area contributed by atoms with Crippen LogP contribution in [0.15, 0.2) is 0 Å². The summed E-state index contributed by atoms with van der Waals surface area (Å²) in [5.74, 6) is -0.652. The number of amides is 1. The van der Waals surface area contributed by atoms with E-state index in [0.29, 0.717) is 12.3 Å². The van der Waals surface area contributed by atoms with Gasteiger partial charge in [0.15, 0.2) is 0 Å². The van der Waals surface area contributed by atoms with Crippen LogP contribution in [0, 0.1) is 0 Å². The van der Waals surface area contributed by atoms with E-state index in [1.807, 2.05) is 6.26 Å². The summed E-state index contributed by atoms with van der Waals surface area (Å²) in [5.41, 5.74) is 0. The van der Waals surface area contributed by atoms with Gasteiger partial charge in [-0.3, -0.25) is 4.79 Å². The van der Waals surface area contributed by atoms with E-state index in [-0.39, 0.29) is 19.1 Å². The summed E-state index contributed by atoms with van der Waals surface area (Å²) in [6, 6.07) is 0. The molecule has 2 N–H and O–H groups in total. The van der Waals surface area contributed by atoms with Crippen molar-refractivity contribution in [3.8, 4) is 0 Å². The topological polar surface area (TPSA) is 75.6 Å². The van der Waals surface area contributed by atoms with Gasteiger partial charge in [-0.05, 0) is 6.26 Å². The van der Waals surface area contributed by atoms with Gasteiger partial charge in [0.1, 0.15) is 6.61 Å². The van der Waals surface area contributed by atoms with Crippen LogP contribution in [0.5, 0.6) is 0 Å². The van der Waals surface area contributed by atoms with E-state index in [1.165, 1.54) is 11.8 Å². The molecule has 0 saturated heterocycles. The van der Waals surface area contributed by atoms with Crippen LogP contribution in [0.2, 0.25) is 0 Å². The second-order valence-electron chi connectivity index (χ2n) is 2.23. The number of thioether (sulfide) groups is 1. The molecule has 0 aliphatic carbocycles. The van der Waals surface area contributed by atoms with Crippen LogP contribution in [-0.4, -0.2) is 48.8 Å². The fourth-order valence-electron chi connectivity index (χ4n) is 0.604. The molecule has 5 nitrogen and oxygen atoms in total. The molecule has 0 aromatic rings. The number of carbonyl (C=O) groups is 2. The first-order valence-electron chi connectivity index (χ1n) is 3.72. The molecular formula is C7H13NO4S. The van der Waals surface area contributed by atoms with Crippen LogP contribution < -0.4 is 5.32 Å². The highest BCUT2D eigenvalue weighted by Gasteiger charge is 1.99. The number of nitrogens with one attached hydrogen (secondary N) is 1. The number of rotatable bonds is 7. The van der Waals surface area contributed by atoms with Crippen LogP contribution >= 0.6 is 11.8 Å². The molecular weight excluding hydrogens is 194 g/mol. The Labute approximate surface area is 80.8 Å². The average Bonchev–Trinajstić information content (AvgIpc) is 2.03. The molecule has 1 amide bonds. The van der Waals surface area contributed by atoms with Crippen LogP contribution in [0.4, 0.5) is 0 Å². The number of carboxylic acid groups (broad SMARTS) is 1. The summed E-state index contributed by atoms with van der Waals surface area (Å²) in [6.07, 6.45) is 1.83. The molecule has 76 valence electrons. The van der Waals surface area contributed by atoms with Crippen molar-refractivity contribution in [3.05, 3.63) is 0 Å². The summed E-state index contributed by atoms with van der Waals surface area (Å²) in [5, 5.41) is 10.8. The normalized spacial score (nSPS) is 9.62. The van der Waals surface area contributed by atoms with Gasteiger partial charge in [0.2, 0.25) is 5.91 Å². The van der Waals surface area contributed by atoms with Gasteiger partial charge in [0, 0.05) is 6.54 Å². The second-order valence-corrected chi connectivity index (χ2v) is 3.10. The zero-order chi connectivity index (χ0) is 10.1. The third-order valence-electron chi connectivity index (χ3n) is 1.07. The van der Waals surface area contributed by atoms with Crippen molar-refractivity contribution in [1.29, 1.82) is 0 Å². The lowest BCUT2D eigenvalue weighted by atomic mass is 10.6. The maximum Gasteiger partial charge on any atom is 0.329 e.